The van der Waals surface area contributed by atoms with Crippen molar-refractivity contribution in [3.63, 3.8) is 0 Å². The second-order valence-corrected chi connectivity index (χ2v) is 11.3. The van der Waals surface area contributed by atoms with Crippen LogP contribution in [0.25, 0.3) is 11.3 Å². The van der Waals surface area contributed by atoms with Gasteiger partial charge in [-0.3, -0.25) is 9.48 Å². The molecule has 1 aliphatic carbocycles. The Morgan fingerprint density at radius 1 is 1.28 bits per heavy atom. The van der Waals surface area contributed by atoms with Crippen LogP contribution in [0, 0.1) is 11.3 Å². The average molecular weight is 480 g/mol. The van der Waals surface area contributed by atoms with E-state index in [-0.39, 0.29) is 28.6 Å². The first-order valence-corrected chi connectivity index (χ1v) is 12.2. The van der Waals surface area contributed by atoms with Crippen LogP contribution < -0.4 is 5.32 Å². The summed E-state index contributed by atoms with van der Waals surface area (Å²) >= 11 is 13.3. The molecule has 1 amide bonds. The van der Waals surface area contributed by atoms with Crippen molar-refractivity contribution in [3.8, 4) is 11.3 Å². The van der Waals surface area contributed by atoms with Gasteiger partial charge in [-0.05, 0) is 62.0 Å². The smallest absolute Gasteiger partial charge is 0.273 e. The van der Waals surface area contributed by atoms with E-state index in [0.717, 1.165) is 30.4 Å². The van der Waals surface area contributed by atoms with Crippen LogP contribution in [-0.2, 0) is 13.0 Å². The van der Waals surface area contributed by atoms with Crippen molar-refractivity contribution in [2.45, 2.75) is 78.9 Å². The third-order valence-electron chi connectivity index (χ3n) is 6.22. The molecule has 0 unspecified atom stereocenters. The highest BCUT2D eigenvalue weighted by atomic mass is 35.5. The Morgan fingerprint density at radius 3 is 2.50 bits per heavy atom. The molecule has 0 saturated heterocycles. The lowest BCUT2D eigenvalue weighted by molar-refractivity contribution is -0.00544. The minimum Gasteiger partial charge on any atom is -0.388 e. The topological polar surface area (TPSA) is 67.2 Å². The number of amides is 1. The molecule has 5 nitrogen and oxygen atoms in total. The second kappa shape index (κ2) is 9.74. The van der Waals surface area contributed by atoms with Crippen molar-refractivity contribution in [2.75, 3.05) is 6.54 Å². The van der Waals surface area contributed by atoms with Gasteiger partial charge in [-0.1, -0.05) is 63.0 Å². The lowest BCUT2D eigenvalue weighted by Crippen LogP contribution is -2.45. The van der Waals surface area contributed by atoms with Gasteiger partial charge in [0.25, 0.3) is 5.91 Å². The summed E-state index contributed by atoms with van der Waals surface area (Å²) in [6, 6.07) is 5.96. The van der Waals surface area contributed by atoms with Gasteiger partial charge in [-0.15, -0.1) is 0 Å². The molecule has 0 bridgehead atoms. The van der Waals surface area contributed by atoms with Crippen LogP contribution in [0.2, 0.25) is 10.0 Å². The molecule has 2 aromatic rings. The van der Waals surface area contributed by atoms with Crippen LogP contribution >= 0.6 is 23.2 Å². The number of carbonyl (C=O) groups is 1. The highest BCUT2D eigenvalue weighted by Gasteiger charge is 2.33. The number of rotatable bonds is 6. The Balaban J connectivity index is 1.83. The number of aliphatic hydroxyl groups is 1. The summed E-state index contributed by atoms with van der Waals surface area (Å²) in [7, 11) is 0. The van der Waals surface area contributed by atoms with Crippen LogP contribution in [0.15, 0.2) is 18.2 Å². The largest absolute Gasteiger partial charge is 0.388 e. The van der Waals surface area contributed by atoms with Gasteiger partial charge in [-0.25, -0.2) is 0 Å². The van der Waals surface area contributed by atoms with Crippen LogP contribution in [0.5, 0.6) is 0 Å². The molecular formula is C25H35Cl2N3O2. The molecule has 0 atom stereocenters. The molecular weight excluding hydrogens is 445 g/mol. The van der Waals surface area contributed by atoms with Gasteiger partial charge in [0.2, 0.25) is 0 Å². The monoisotopic (exact) mass is 479 g/mol. The van der Waals surface area contributed by atoms with Crippen molar-refractivity contribution in [3.05, 3.63) is 39.5 Å². The van der Waals surface area contributed by atoms with Crippen molar-refractivity contribution < 1.29 is 9.90 Å². The summed E-state index contributed by atoms with van der Waals surface area (Å²) in [5.41, 5.74) is 1.99. The standard InChI is InChI=1S/C25H35Cl2N3O2/c1-6-30-22(18-8-7-17(13-19(18)26)14-24(3,4)5)20(27)21(29-30)23(31)28-15-25(32)11-9-16(2)10-12-25/h7-8,13,16,32H,6,9-12,14-15H2,1-5H3,(H,28,31). The number of benzene rings is 1. The Labute approximate surface area is 201 Å². The third-order valence-corrected chi connectivity index (χ3v) is 6.89. The van der Waals surface area contributed by atoms with E-state index in [1.807, 2.05) is 19.1 Å². The van der Waals surface area contributed by atoms with E-state index >= 15 is 0 Å². The molecule has 1 aromatic heterocycles. The highest BCUT2D eigenvalue weighted by Crippen LogP contribution is 2.37. The van der Waals surface area contributed by atoms with E-state index in [1.165, 1.54) is 0 Å². The molecule has 176 valence electrons. The number of hydrogen-bond donors (Lipinski definition) is 2. The number of aryl methyl sites for hydroxylation is 1. The first kappa shape index (κ1) is 25.1. The molecule has 1 fully saturated rings. The van der Waals surface area contributed by atoms with E-state index in [0.29, 0.717) is 36.0 Å². The number of carbonyl (C=O) groups excluding carboxylic acids is 1. The fourth-order valence-electron chi connectivity index (χ4n) is 4.35. The number of nitrogens with zero attached hydrogens (tertiary/aromatic N) is 2. The molecule has 0 radical (unpaired) electrons. The van der Waals surface area contributed by atoms with Crippen molar-refractivity contribution >= 4 is 29.1 Å². The summed E-state index contributed by atoms with van der Waals surface area (Å²) in [5, 5.41) is 19.0. The van der Waals surface area contributed by atoms with Crippen LogP contribution in [-0.4, -0.2) is 32.9 Å². The van der Waals surface area contributed by atoms with Crippen LogP contribution in [0.3, 0.4) is 0 Å². The molecule has 3 rings (SSSR count). The number of aromatic nitrogens is 2. The Morgan fingerprint density at radius 2 is 1.94 bits per heavy atom. The lowest BCUT2D eigenvalue weighted by Gasteiger charge is -2.34. The van der Waals surface area contributed by atoms with Crippen molar-refractivity contribution in [2.24, 2.45) is 11.3 Å². The number of nitrogens with one attached hydrogen (secondary N) is 1. The van der Waals surface area contributed by atoms with Gasteiger partial charge in [0.15, 0.2) is 5.69 Å². The van der Waals surface area contributed by atoms with E-state index in [2.05, 4.69) is 44.2 Å². The Kier molecular flexibility index (Phi) is 7.63. The molecule has 1 aliphatic rings. The zero-order chi connectivity index (χ0) is 23.7. The first-order valence-electron chi connectivity index (χ1n) is 11.5. The summed E-state index contributed by atoms with van der Waals surface area (Å²) in [6.45, 7) is 11.4. The number of hydrogen-bond acceptors (Lipinski definition) is 3. The maximum absolute atomic E-state index is 12.9. The predicted molar refractivity (Wildman–Crippen MR) is 131 cm³/mol. The molecule has 1 aromatic carbocycles. The van der Waals surface area contributed by atoms with E-state index in [1.54, 1.807) is 4.68 Å². The van der Waals surface area contributed by atoms with Gasteiger partial charge in [-0.2, -0.15) is 5.10 Å². The maximum Gasteiger partial charge on any atom is 0.273 e. The van der Waals surface area contributed by atoms with E-state index in [9.17, 15) is 9.90 Å². The van der Waals surface area contributed by atoms with Gasteiger partial charge in [0.1, 0.15) is 0 Å². The fourth-order valence-corrected chi connectivity index (χ4v) is 4.96. The third kappa shape index (κ3) is 5.86. The van der Waals surface area contributed by atoms with E-state index < -0.39 is 5.60 Å². The Hall–Kier alpha value is -1.56. The Bertz CT molecular complexity index is 970. The fraction of sp³-hybridized carbons (Fsp3) is 0.600. The van der Waals surface area contributed by atoms with Gasteiger partial charge in [0, 0.05) is 18.7 Å². The van der Waals surface area contributed by atoms with Gasteiger partial charge < -0.3 is 10.4 Å². The van der Waals surface area contributed by atoms with Crippen molar-refractivity contribution in [1.82, 2.24) is 15.1 Å². The molecule has 32 heavy (non-hydrogen) atoms. The first-order chi connectivity index (χ1) is 14.9. The number of halogens is 2. The minimum atomic E-state index is -0.864. The predicted octanol–water partition coefficient (Wildman–Crippen LogP) is 6.14. The quantitative estimate of drug-likeness (QED) is 0.522. The highest BCUT2D eigenvalue weighted by molar-refractivity contribution is 6.38. The van der Waals surface area contributed by atoms with Gasteiger partial charge in [0.05, 0.1) is 21.3 Å². The van der Waals surface area contributed by atoms with Crippen LogP contribution in [0.1, 0.15) is 76.4 Å². The zero-order valence-electron chi connectivity index (χ0n) is 19.8. The summed E-state index contributed by atoms with van der Waals surface area (Å²) in [5.74, 6) is 0.235. The zero-order valence-corrected chi connectivity index (χ0v) is 21.3. The SMILES string of the molecule is CCn1nc(C(=O)NCC2(O)CCC(C)CC2)c(Cl)c1-c1ccc(CC(C)(C)C)cc1Cl. The van der Waals surface area contributed by atoms with E-state index in [4.69, 9.17) is 23.2 Å². The normalized spacial score (nSPS) is 21.6. The molecule has 1 saturated carbocycles. The molecule has 7 heteroatoms. The molecule has 1 heterocycles. The summed E-state index contributed by atoms with van der Waals surface area (Å²) in [4.78, 5) is 12.9. The van der Waals surface area contributed by atoms with Gasteiger partial charge >= 0.3 is 0 Å². The summed E-state index contributed by atoms with van der Waals surface area (Å²) in [6.07, 6.45) is 4.21. The molecule has 2 N–H and O–H groups in total. The average Bonchev–Trinajstić information content (AvgIpc) is 3.04. The molecule has 0 spiro atoms. The lowest BCUT2D eigenvalue weighted by atomic mass is 9.79. The second-order valence-electron chi connectivity index (χ2n) is 10.5. The maximum atomic E-state index is 12.9. The van der Waals surface area contributed by atoms with Crippen molar-refractivity contribution in [1.29, 1.82) is 0 Å². The minimum absolute atomic E-state index is 0.152. The van der Waals surface area contributed by atoms with Crippen LogP contribution in [0.4, 0.5) is 0 Å². The summed E-state index contributed by atoms with van der Waals surface area (Å²) < 4.78 is 1.71. The molecule has 0 aliphatic heterocycles.